The van der Waals surface area contributed by atoms with Crippen LogP contribution in [0.15, 0.2) is 35.4 Å². The minimum atomic E-state index is -0.823. The number of carboxylic acid groups (broad SMARTS) is 1. The Bertz CT molecular complexity index is 2070. The van der Waals surface area contributed by atoms with Crippen molar-refractivity contribution in [3.05, 3.63) is 41.0 Å². The first kappa shape index (κ1) is 48.2. The first-order valence-corrected chi connectivity index (χ1v) is 25.6. The van der Waals surface area contributed by atoms with Gasteiger partial charge in [-0.05, 0) is 167 Å². The van der Waals surface area contributed by atoms with E-state index >= 15 is 0 Å². The van der Waals surface area contributed by atoms with Gasteiger partial charge in [-0.25, -0.2) is 0 Å². The number of allylic oxidation sites excluding steroid dienone is 2. The first-order valence-electron chi connectivity index (χ1n) is 25.6. The Kier molecular flexibility index (Phi) is 12.4. The summed E-state index contributed by atoms with van der Waals surface area (Å²) in [7, 11) is 2.16. The number of likely N-dealkylation sites (N-methyl/N-ethyl adjacent to an activating group) is 1. The highest BCUT2D eigenvalue weighted by molar-refractivity contribution is 6.00. The van der Waals surface area contributed by atoms with Gasteiger partial charge in [0.15, 0.2) is 5.78 Å². The number of fused-ring (bicyclic) bond motifs is 7. The fourth-order valence-electron chi connectivity index (χ4n) is 16.2. The quantitative estimate of drug-likeness (QED) is 0.139. The molecule has 3 N–H and O–H groups in total. The molecule has 1 aromatic carbocycles. The number of nitrogens with zero attached hydrogens (tertiary/aromatic N) is 2. The van der Waals surface area contributed by atoms with E-state index in [4.69, 9.17) is 4.74 Å². The summed E-state index contributed by atoms with van der Waals surface area (Å²) in [5.41, 5.74) is 3.38. The molecule has 6 aliphatic carbocycles. The number of nitrogens with one attached hydrogen (secondary N) is 2. The van der Waals surface area contributed by atoms with Crippen LogP contribution in [-0.2, 0) is 19.1 Å². The summed E-state index contributed by atoms with van der Waals surface area (Å²) in [6.07, 6.45) is 10.3. The van der Waals surface area contributed by atoms with Gasteiger partial charge >= 0.3 is 11.9 Å². The second-order valence-corrected chi connectivity index (χ2v) is 25.4. The highest BCUT2D eigenvalue weighted by atomic mass is 16.5. The van der Waals surface area contributed by atoms with Gasteiger partial charge in [0.2, 0.25) is 0 Å². The second kappa shape index (κ2) is 16.8. The molecule has 360 valence electrons. The van der Waals surface area contributed by atoms with E-state index in [0.717, 1.165) is 96.1 Å². The van der Waals surface area contributed by atoms with Gasteiger partial charge in [-0.15, -0.1) is 0 Å². The largest absolute Gasteiger partial charge is 0.481 e. The van der Waals surface area contributed by atoms with Crippen LogP contribution in [0.3, 0.4) is 0 Å². The van der Waals surface area contributed by atoms with Crippen LogP contribution in [0.5, 0.6) is 0 Å². The molecule has 0 bridgehead atoms. The van der Waals surface area contributed by atoms with Crippen molar-refractivity contribution < 1.29 is 29.0 Å². The Balaban J connectivity index is 0.931. The molecule has 0 radical (unpaired) electrons. The maximum absolute atomic E-state index is 14.3. The lowest BCUT2D eigenvalue weighted by molar-refractivity contribution is -0.236. The molecule has 6 fully saturated rings. The van der Waals surface area contributed by atoms with E-state index in [1.165, 1.54) is 11.3 Å². The molecular weight excluding hydrogens is 813 g/mol. The molecule has 1 aliphatic heterocycles. The molecular formula is C55H84N4O6. The average Bonchev–Trinajstić information content (AvgIpc) is 3.52. The van der Waals surface area contributed by atoms with E-state index < -0.39 is 22.8 Å². The van der Waals surface area contributed by atoms with E-state index in [-0.39, 0.29) is 56.9 Å². The molecule has 0 spiro atoms. The number of amides is 1. The van der Waals surface area contributed by atoms with Crippen molar-refractivity contribution >= 4 is 29.3 Å². The number of aliphatic carboxylic acids is 1. The lowest BCUT2D eigenvalue weighted by atomic mass is 9.33. The summed E-state index contributed by atoms with van der Waals surface area (Å²) in [6, 6.07) is 8.04. The van der Waals surface area contributed by atoms with Gasteiger partial charge in [0, 0.05) is 66.8 Å². The number of hydrogen-bond acceptors (Lipinski definition) is 8. The zero-order valence-corrected chi connectivity index (χ0v) is 42.3. The van der Waals surface area contributed by atoms with Gasteiger partial charge < -0.3 is 30.3 Å². The fraction of sp³-hybridized carbons (Fsp3) is 0.782. The molecule has 0 unspecified atom stereocenters. The number of carbonyl (C=O) groups is 4. The number of benzene rings is 1. The predicted molar refractivity (Wildman–Crippen MR) is 258 cm³/mol. The number of Topliss-reactive ketones (excluding diaryl/α,β-unsaturated/α-hetero) is 1. The molecule has 10 heteroatoms. The molecule has 0 aromatic heterocycles. The van der Waals surface area contributed by atoms with Crippen LogP contribution in [0, 0.1) is 68.0 Å². The molecule has 1 aromatic rings. The maximum Gasteiger partial charge on any atom is 0.309 e. The van der Waals surface area contributed by atoms with E-state index in [9.17, 15) is 24.3 Å². The van der Waals surface area contributed by atoms with E-state index in [1.54, 1.807) is 0 Å². The molecule has 10 atom stereocenters. The Hall–Kier alpha value is -3.24. The minimum Gasteiger partial charge on any atom is -0.481 e. The van der Waals surface area contributed by atoms with Crippen molar-refractivity contribution in [3.8, 4) is 0 Å². The number of hydrogen-bond donors (Lipinski definition) is 3. The number of ketones is 1. The fourth-order valence-corrected chi connectivity index (χ4v) is 16.2. The number of carbonyl (C=O) groups excluding carboxylic acids is 3. The van der Waals surface area contributed by atoms with Gasteiger partial charge in [0.25, 0.3) is 5.91 Å². The predicted octanol–water partition coefficient (Wildman–Crippen LogP) is 9.57. The van der Waals surface area contributed by atoms with Crippen LogP contribution in [0.1, 0.15) is 157 Å². The Morgan fingerprint density at radius 3 is 2.14 bits per heavy atom. The highest BCUT2D eigenvalue weighted by Crippen LogP contribution is 2.77. The Morgan fingerprint density at radius 1 is 0.831 bits per heavy atom. The highest BCUT2D eigenvalue weighted by Gasteiger charge is 2.70. The second-order valence-electron chi connectivity index (χ2n) is 25.4. The topological polar surface area (TPSA) is 128 Å². The van der Waals surface area contributed by atoms with Crippen LogP contribution in [0.25, 0.3) is 0 Å². The lowest BCUT2D eigenvalue weighted by Gasteiger charge is -2.72. The molecule has 5 saturated carbocycles. The monoisotopic (exact) mass is 897 g/mol. The van der Waals surface area contributed by atoms with Gasteiger partial charge in [0.05, 0.1) is 11.8 Å². The van der Waals surface area contributed by atoms with E-state index in [0.29, 0.717) is 48.5 Å². The van der Waals surface area contributed by atoms with Crippen LogP contribution in [-0.4, -0.2) is 91.6 Å². The third-order valence-corrected chi connectivity index (χ3v) is 20.4. The van der Waals surface area contributed by atoms with Crippen LogP contribution >= 0.6 is 0 Å². The summed E-state index contributed by atoms with van der Waals surface area (Å²) in [5, 5.41) is 16.8. The number of carboxylic acids is 1. The molecule has 1 amide bonds. The maximum atomic E-state index is 14.3. The molecule has 8 rings (SSSR count). The van der Waals surface area contributed by atoms with Gasteiger partial charge in [0.1, 0.15) is 6.10 Å². The molecule has 65 heavy (non-hydrogen) atoms. The number of anilines is 1. The molecule has 10 nitrogen and oxygen atoms in total. The normalized spacial score (nSPS) is 37.7. The molecule has 1 heterocycles. The molecule has 1 saturated heterocycles. The smallest absolute Gasteiger partial charge is 0.309 e. The number of rotatable bonds is 12. The SMILES string of the molecule is CC(C)C1=C2[C@H]3CC[C@@H]4[C@@]5(C)CC[C@H](OC(=O)[C@H]6C[C@@H](C(=O)O)C6(C)C)C(C)(C)[C@@H]5CC[C@@]4(C)[C@]3(C)CC[C@@]2(CCNCC(C)(C)NC(=O)c2ccc(N3CCN(C)CC3)cc2)CC1=O. The minimum absolute atomic E-state index is 0.0579. The van der Waals surface area contributed by atoms with Crippen molar-refractivity contribution in [2.75, 3.05) is 51.2 Å². The van der Waals surface area contributed by atoms with Gasteiger partial charge in [-0.2, -0.15) is 0 Å². The van der Waals surface area contributed by atoms with E-state index in [2.05, 4.69) is 102 Å². The van der Waals surface area contributed by atoms with E-state index in [1.807, 2.05) is 26.0 Å². The Morgan fingerprint density at radius 2 is 1.51 bits per heavy atom. The lowest BCUT2D eigenvalue weighted by Crippen LogP contribution is -2.66. The third-order valence-electron chi connectivity index (χ3n) is 20.4. The van der Waals surface area contributed by atoms with Crippen molar-refractivity contribution in [2.24, 2.45) is 68.0 Å². The van der Waals surface area contributed by atoms with Crippen LogP contribution in [0.4, 0.5) is 5.69 Å². The summed E-state index contributed by atoms with van der Waals surface area (Å²) in [5.74, 6) is -0.0852. The summed E-state index contributed by atoms with van der Waals surface area (Å²) in [4.78, 5) is 58.0. The van der Waals surface area contributed by atoms with Gasteiger partial charge in [-0.3, -0.25) is 19.2 Å². The number of esters is 1. The van der Waals surface area contributed by atoms with Crippen LogP contribution < -0.4 is 15.5 Å². The average molecular weight is 897 g/mol. The number of ether oxygens (including phenoxy) is 1. The standard InChI is InChI=1S/C55H84N4O6/c1-34(2)44-40(60)32-55(25-26-56-33-49(3,4)57-46(61)35-13-15-36(16-14-35)59-29-27-58(12)28-30-59)24-23-53(10)37(45(44)55)17-18-42-52(9)21-20-43(51(7,8)41(52)19-22-54(42,53)11)65-48(64)39-31-38(47(62)63)50(39,5)6/h13-16,34,37-39,41-43,56H,17-33H2,1-12H3,(H,57,61)(H,62,63)/t37-,38+,39-,41+,42-,43+,52+,53-,54-,55-/m1/s1. The van der Waals surface area contributed by atoms with Crippen LogP contribution in [0.2, 0.25) is 0 Å². The van der Waals surface area contributed by atoms with Gasteiger partial charge in [-0.1, -0.05) is 67.9 Å². The first-order chi connectivity index (χ1) is 30.3. The van der Waals surface area contributed by atoms with Crippen molar-refractivity contribution in [1.29, 1.82) is 0 Å². The summed E-state index contributed by atoms with van der Waals surface area (Å²) < 4.78 is 6.46. The zero-order chi connectivity index (χ0) is 47.3. The Labute approximate surface area is 391 Å². The van der Waals surface area contributed by atoms with Crippen molar-refractivity contribution in [2.45, 2.75) is 158 Å². The third kappa shape index (κ3) is 7.92. The summed E-state index contributed by atoms with van der Waals surface area (Å²) >= 11 is 0. The van der Waals surface area contributed by atoms with Crippen molar-refractivity contribution in [3.63, 3.8) is 0 Å². The molecule has 7 aliphatic rings. The van der Waals surface area contributed by atoms with Crippen molar-refractivity contribution in [1.82, 2.24) is 15.5 Å². The number of piperazine rings is 1. The zero-order valence-electron chi connectivity index (χ0n) is 42.3. The summed E-state index contributed by atoms with van der Waals surface area (Å²) in [6.45, 7) is 30.4.